The number of nitrogens with zero attached hydrogens (tertiary/aromatic N) is 3. The minimum atomic E-state index is -0.344. The summed E-state index contributed by atoms with van der Waals surface area (Å²) in [5.74, 6) is 0.592. The molecule has 1 fully saturated rings. The van der Waals surface area contributed by atoms with Crippen molar-refractivity contribution in [3.05, 3.63) is 42.7 Å². The number of carbonyl (C=O) groups excluding carboxylic acids is 2. The van der Waals surface area contributed by atoms with Gasteiger partial charge in [-0.3, -0.25) is 14.6 Å². The number of hydrogen-bond donors (Lipinski definition) is 1. The molecule has 3 aromatic rings. The molecule has 4 rings (SSSR count). The quantitative estimate of drug-likeness (QED) is 0.658. The molecule has 0 saturated carbocycles. The molecule has 2 aromatic heterocycles. The van der Waals surface area contributed by atoms with Crippen LogP contribution in [0.2, 0.25) is 0 Å². The second-order valence-electron chi connectivity index (χ2n) is 7.69. The average Bonchev–Trinajstić information content (AvgIpc) is 3.21. The molecule has 1 unspecified atom stereocenters. The fourth-order valence-corrected chi connectivity index (χ4v) is 4.16. The van der Waals surface area contributed by atoms with Gasteiger partial charge in [-0.15, -0.1) is 0 Å². The second-order valence-corrected chi connectivity index (χ2v) is 7.69. The summed E-state index contributed by atoms with van der Waals surface area (Å²) in [5, 5.41) is 0.987. The number of piperidine rings is 1. The molecule has 0 spiro atoms. The highest BCUT2D eigenvalue weighted by Gasteiger charge is 2.27. The van der Waals surface area contributed by atoms with Crippen LogP contribution in [0.15, 0.2) is 42.7 Å². The average molecular weight is 422 g/mol. The van der Waals surface area contributed by atoms with Crippen molar-refractivity contribution in [2.75, 3.05) is 27.3 Å². The van der Waals surface area contributed by atoms with E-state index >= 15 is 0 Å². The Bertz CT molecular complexity index is 1120. The van der Waals surface area contributed by atoms with E-state index in [1.165, 1.54) is 0 Å². The topological polar surface area (TPSA) is 99.7 Å². The standard InChI is InChI=1S/C23H26N4O4/c1-30-18-6-5-16(12-19(18)31-2)21-22-15(7-9-25-21)8-11-27(22)14-20(28)26-10-3-4-17(13-26)23(24)29/h5-9,11-12,17H,3-4,10,13-14H2,1-2H3,(H2,24,29). The van der Waals surface area contributed by atoms with Gasteiger partial charge in [0, 0.05) is 36.4 Å². The molecule has 8 nitrogen and oxygen atoms in total. The molecule has 1 saturated heterocycles. The number of ether oxygens (including phenoxy) is 2. The van der Waals surface area contributed by atoms with E-state index in [0.717, 1.165) is 35.0 Å². The Morgan fingerprint density at radius 2 is 1.97 bits per heavy atom. The van der Waals surface area contributed by atoms with Crippen LogP contribution in [0.4, 0.5) is 0 Å². The van der Waals surface area contributed by atoms with E-state index in [2.05, 4.69) is 4.98 Å². The van der Waals surface area contributed by atoms with E-state index in [0.29, 0.717) is 24.6 Å². The molecule has 2 amide bonds. The van der Waals surface area contributed by atoms with Crippen LogP contribution in [0.1, 0.15) is 12.8 Å². The fraction of sp³-hybridized carbons (Fsp3) is 0.348. The molecule has 0 radical (unpaired) electrons. The van der Waals surface area contributed by atoms with Gasteiger partial charge in [0.25, 0.3) is 0 Å². The van der Waals surface area contributed by atoms with Gasteiger partial charge in [-0.2, -0.15) is 0 Å². The third-order valence-corrected chi connectivity index (χ3v) is 5.82. The first-order chi connectivity index (χ1) is 15.0. The van der Waals surface area contributed by atoms with Gasteiger partial charge in [0.05, 0.1) is 31.3 Å². The first-order valence-electron chi connectivity index (χ1n) is 10.2. The Balaban J connectivity index is 1.66. The molecule has 3 heterocycles. The number of likely N-dealkylation sites (tertiary alicyclic amines) is 1. The number of methoxy groups -OCH3 is 2. The monoisotopic (exact) mass is 422 g/mol. The van der Waals surface area contributed by atoms with E-state index in [1.54, 1.807) is 25.3 Å². The van der Waals surface area contributed by atoms with Crippen LogP contribution in [0, 0.1) is 5.92 Å². The first kappa shape index (κ1) is 20.7. The number of primary amides is 1. The number of fused-ring (bicyclic) bond motifs is 1. The second kappa shape index (κ2) is 8.67. The van der Waals surface area contributed by atoms with E-state index in [1.807, 2.05) is 41.1 Å². The Hall–Kier alpha value is -3.55. The van der Waals surface area contributed by atoms with Gasteiger partial charge in [-0.25, -0.2) is 0 Å². The van der Waals surface area contributed by atoms with Crippen molar-refractivity contribution in [2.24, 2.45) is 11.7 Å². The van der Waals surface area contributed by atoms with Gasteiger partial charge < -0.3 is 24.7 Å². The number of rotatable bonds is 6. The van der Waals surface area contributed by atoms with Gasteiger partial charge >= 0.3 is 0 Å². The van der Waals surface area contributed by atoms with Crippen LogP contribution in [0.3, 0.4) is 0 Å². The lowest BCUT2D eigenvalue weighted by Gasteiger charge is -2.31. The minimum absolute atomic E-state index is 0.0365. The summed E-state index contributed by atoms with van der Waals surface area (Å²) >= 11 is 0. The normalized spacial score (nSPS) is 16.3. The third kappa shape index (κ3) is 4.05. The Kier molecular flexibility index (Phi) is 5.79. The number of pyridine rings is 1. The van der Waals surface area contributed by atoms with Crippen molar-refractivity contribution >= 4 is 22.7 Å². The molecule has 31 heavy (non-hydrogen) atoms. The minimum Gasteiger partial charge on any atom is -0.493 e. The van der Waals surface area contributed by atoms with Crippen LogP contribution < -0.4 is 15.2 Å². The van der Waals surface area contributed by atoms with Crippen LogP contribution in [-0.2, 0) is 16.1 Å². The summed E-state index contributed by atoms with van der Waals surface area (Å²) in [6.45, 7) is 1.19. The largest absolute Gasteiger partial charge is 0.493 e. The van der Waals surface area contributed by atoms with Gasteiger partial charge in [-0.1, -0.05) is 0 Å². The van der Waals surface area contributed by atoms with Crippen molar-refractivity contribution in [3.8, 4) is 22.8 Å². The van der Waals surface area contributed by atoms with Crippen LogP contribution in [-0.4, -0.2) is 53.6 Å². The SMILES string of the molecule is COc1ccc(-c2nccc3ccn(CC(=O)N4CCCC(C(N)=O)C4)c23)cc1OC. The summed E-state index contributed by atoms with van der Waals surface area (Å²) in [4.78, 5) is 30.9. The van der Waals surface area contributed by atoms with Crippen LogP contribution in [0.25, 0.3) is 22.2 Å². The molecule has 1 aliphatic heterocycles. The van der Waals surface area contributed by atoms with Crippen molar-refractivity contribution in [1.29, 1.82) is 0 Å². The number of aromatic nitrogens is 2. The molecule has 0 aliphatic carbocycles. The summed E-state index contributed by atoms with van der Waals surface area (Å²) < 4.78 is 12.7. The Morgan fingerprint density at radius 1 is 1.16 bits per heavy atom. The maximum absolute atomic E-state index is 13.0. The maximum atomic E-state index is 13.0. The lowest BCUT2D eigenvalue weighted by atomic mass is 9.97. The zero-order chi connectivity index (χ0) is 22.0. The third-order valence-electron chi connectivity index (χ3n) is 5.82. The van der Waals surface area contributed by atoms with Gasteiger partial charge in [0.15, 0.2) is 11.5 Å². The van der Waals surface area contributed by atoms with Gasteiger partial charge in [0.1, 0.15) is 6.54 Å². The van der Waals surface area contributed by atoms with Crippen molar-refractivity contribution in [2.45, 2.75) is 19.4 Å². The fourth-order valence-electron chi connectivity index (χ4n) is 4.16. The van der Waals surface area contributed by atoms with Crippen molar-refractivity contribution in [1.82, 2.24) is 14.5 Å². The van der Waals surface area contributed by atoms with Gasteiger partial charge in [-0.05, 0) is 43.2 Å². The van der Waals surface area contributed by atoms with Crippen molar-refractivity contribution < 1.29 is 19.1 Å². The molecule has 1 aromatic carbocycles. The van der Waals surface area contributed by atoms with Gasteiger partial charge in [0.2, 0.25) is 11.8 Å². The summed E-state index contributed by atoms with van der Waals surface area (Å²) in [6, 6.07) is 9.53. The number of carbonyl (C=O) groups is 2. The smallest absolute Gasteiger partial charge is 0.242 e. The zero-order valence-corrected chi connectivity index (χ0v) is 17.7. The summed E-state index contributed by atoms with van der Waals surface area (Å²) in [5.41, 5.74) is 7.94. The number of hydrogen-bond acceptors (Lipinski definition) is 5. The Labute approximate surface area is 180 Å². The summed E-state index contributed by atoms with van der Waals surface area (Å²) in [6.07, 6.45) is 5.16. The number of benzene rings is 1. The molecule has 162 valence electrons. The first-order valence-corrected chi connectivity index (χ1v) is 10.2. The van der Waals surface area contributed by atoms with E-state index in [4.69, 9.17) is 15.2 Å². The maximum Gasteiger partial charge on any atom is 0.242 e. The molecule has 1 atom stereocenters. The molecule has 2 N–H and O–H groups in total. The van der Waals surface area contributed by atoms with E-state index < -0.39 is 0 Å². The predicted octanol–water partition coefficient (Wildman–Crippen LogP) is 2.44. The highest BCUT2D eigenvalue weighted by atomic mass is 16.5. The molecule has 1 aliphatic rings. The highest BCUT2D eigenvalue weighted by Crippen LogP contribution is 2.34. The predicted molar refractivity (Wildman–Crippen MR) is 117 cm³/mol. The molecule has 0 bridgehead atoms. The Morgan fingerprint density at radius 3 is 2.71 bits per heavy atom. The molecule has 8 heteroatoms. The summed E-state index contributed by atoms with van der Waals surface area (Å²) in [7, 11) is 3.19. The molecular weight excluding hydrogens is 396 g/mol. The van der Waals surface area contributed by atoms with E-state index in [9.17, 15) is 9.59 Å². The molecular formula is C23H26N4O4. The highest BCUT2D eigenvalue weighted by molar-refractivity contribution is 5.94. The van der Waals surface area contributed by atoms with Crippen LogP contribution in [0.5, 0.6) is 11.5 Å². The van der Waals surface area contributed by atoms with Crippen molar-refractivity contribution in [3.63, 3.8) is 0 Å². The zero-order valence-electron chi connectivity index (χ0n) is 17.7. The number of amides is 2. The van der Waals surface area contributed by atoms with E-state index in [-0.39, 0.29) is 24.3 Å². The lowest BCUT2D eigenvalue weighted by molar-refractivity contribution is -0.135. The number of nitrogens with two attached hydrogens (primary N) is 1. The lowest BCUT2D eigenvalue weighted by Crippen LogP contribution is -2.45. The van der Waals surface area contributed by atoms with Crippen LogP contribution >= 0.6 is 0 Å².